The number of hydrogen-bond acceptors (Lipinski definition) is 4. The van der Waals surface area contributed by atoms with Gasteiger partial charge in [0.2, 0.25) is 0 Å². The molecule has 18 heavy (non-hydrogen) atoms. The summed E-state index contributed by atoms with van der Waals surface area (Å²) < 4.78 is 0. The number of anilines is 1. The molecule has 100 valence electrons. The fourth-order valence-corrected chi connectivity index (χ4v) is 1.84. The minimum absolute atomic E-state index is 0.0967. The normalized spacial score (nSPS) is 12.2. The van der Waals surface area contributed by atoms with E-state index in [9.17, 15) is 10.1 Å². The van der Waals surface area contributed by atoms with E-state index >= 15 is 0 Å². The van der Waals surface area contributed by atoms with Gasteiger partial charge >= 0.3 is 0 Å². The Morgan fingerprint density at radius 3 is 2.78 bits per heavy atom. The van der Waals surface area contributed by atoms with E-state index < -0.39 is 0 Å². The van der Waals surface area contributed by atoms with E-state index in [4.69, 9.17) is 5.11 Å². The van der Waals surface area contributed by atoms with E-state index in [1.165, 1.54) is 6.07 Å². The summed E-state index contributed by atoms with van der Waals surface area (Å²) in [4.78, 5) is 10.5. The first-order chi connectivity index (χ1) is 8.58. The van der Waals surface area contributed by atoms with Gasteiger partial charge in [0.05, 0.1) is 4.92 Å². The summed E-state index contributed by atoms with van der Waals surface area (Å²) in [5.41, 5.74) is 1.63. The van der Waals surface area contributed by atoms with E-state index in [-0.39, 0.29) is 17.2 Å². The van der Waals surface area contributed by atoms with Crippen LogP contribution in [0.4, 0.5) is 11.4 Å². The molecule has 1 atom stereocenters. The molecule has 1 aromatic carbocycles. The number of aliphatic hydroxyl groups is 1. The van der Waals surface area contributed by atoms with Crippen LogP contribution in [0, 0.1) is 23.0 Å². The second kappa shape index (κ2) is 6.96. The van der Waals surface area contributed by atoms with Gasteiger partial charge in [0, 0.05) is 19.2 Å². The summed E-state index contributed by atoms with van der Waals surface area (Å²) in [7, 11) is 0. The average molecular weight is 252 g/mol. The first-order valence-electron chi connectivity index (χ1n) is 6.18. The number of rotatable bonds is 7. The van der Waals surface area contributed by atoms with Gasteiger partial charge in [-0.3, -0.25) is 10.1 Å². The molecule has 1 rings (SSSR count). The molecule has 5 heteroatoms. The molecule has 0 aliphatic rings. The summed E-state index contributed by atoms with van der Waals surface area (Å²) in [6, 6.07) is 5.03. The molecule has 0 aromatic heterocycles. The SMILES string of the molecule is CCC(CCO)CNc1cc(C)ccc1[N+](=O)[O-]. The van der Waals surface area contributed by atoms with Gasteiger partial charge in [-0.1, -0.05) is 19.4 Å². The number of nitrogens with one attached hydrogen (secondary N) is 1. The van der Waals surface area contributed by atoms with E-state index in [1.54, 1.807) is 12.1 Å². The molecule has 0 heterocycles. The third-order valence-corrected chi connectivity index (χ3v) is 3.04. The third kappa shape index (κ3) is 4.00. The van der Waals surface area contributed by atoms with Gasteiger partial charge in [-0.05, 0) is 30.9 Å². The molecular weight excluding hydrogens is 232 g/mol. The smallest absolute Gasteiger partial charge is 0.292 e. The molecule has 0 fully saturated rings. The van der Waals surface area contributed by atoms with Crippen LogP contribution in [0.2, 0.25) is 0 Å². The monoisotopic (exact) mass is 252 g/mol. The lowest BCUT2D eigenvalue weighted by atomic mass is 10.0. The molecule has 0 saturated heterocycles. The summed E-state index contributed by atoms with van der Waals surface area (Å²) in [5.74, 6) is 0.329. The second-order valence-electron chi connectivity index (χ2n) is 4.45. The Labute approximate surface area is 107 Å². The van der Waals surface area contributed by atoms with Crippen molar-refractivity contribution in [2.24, 2.45) is 5.92 Å². The Morgan fingerprint density at radius 2 is 2.22 bits per heavy atom. The van der Waals surface area contributed by atoms with E-state index in [2.05, 4.69) is 5.32 Å². The molecule has 0 amide bonds. The first-order valence-corrected chi connectivity index (χ1v) is 6.18. The van der Waals surface area contributed by atoms with Crippen LogP contribution in [0.1, 0.15) is 25.3 Å². The molecule has 0 saturated carbocycles. The van der Waals surface area contributed by atoms with Gasteiger partial charge < -0.3 is 10.4 Å². The number of nitro groups is 1. The van der Waals surface area contributed by atoms with E-state index in [0.29, 0.717) is 24.6 Å². The zero-order valence-corrected chi connectivity index (χ0v) is 10.8. The predicted octanol–water partition coefficient (Wildman–Crippen LogP) is 2.72. The molecule has 2 N–H and O–H groups in total. The summed E-state index contributed by atoms with van der Waals surface area (Å²) in [6.45, 7) is 4.74. The molecule has 0 aliphatic heterocycles. The minimum atomic E-state index is -0.380. The maximum Gasteiger partial charge on any atom is 0.292 e. The zero-order chi connectivity index (χ0) is 13.5. The number of nitro benzene ring substituents is 1. The van der Waals surface area contributed by atoms with Crippen LogP contribution in [0.5, 0.6) is 0 Å². The quantitative estimate of drug-likeness (QED) is 0.578. The highest BCUT2D eigenvalue weighted by molar-refractivity contribution is 5.62. The van der Waals surface area contributed by atoms with Gasteiger partial charge in [-0.2, -0.15) is 0 Å². The van der Waals surface area contributed by atoms with Gasteiger partial charge in [0.15, 0.2) is 0 Å². The average Bonchev–Trinajstić information content (AvgIpc) is 2.34. The van der Waals surface area contributed by atoms with Gasteiger partial charge in [-0.15, -0.1) is 0 Å². The van der Waals surface area contributed by atoms with Crippen LogP contribution in [-0.2, 0) is 0 Å². The predicted molar refractivity (Wildman–Crippen MR) is 71.8 cm³/mol. The molecular formula is C13H20N2O3. The highest BCUT2D eigenvalue weighted by Crippen LogP contribution is 2.25. The van der Waals surface area contributed by atoms with Crippen molar-refractivity contribution in [2.75, 3.05) is 18.5 Å². The van der Waals surface area contributed by atoms with Crippen molar-refractivity contribution < 1.29 is 10.0 Å². The number of nitrogens with zero attached hydrogens (tertiary/aromatic N) is 1. The fourth-order valence-electron chi connectivity index (χ4n) is 1.84. The lowest BCUT2D eigenvalue weighted by Crippen LogP contribution is -2.15. The standard InChI is InChI=1S/C13H20N2O3/c1-3-11(6-7-16)9-14-12-8-10(2)4-5-13(12)15(17)18/h4-5,8,11,14,16H,3,6-7,9H2,1-2H3. The zero-order valence-electron chi connectivity index (χ0n) is 10.8. The Bertz CT molecular complexity index is 407. The third-order valence-electron chi connectivity index (χ3n) is 3.04. The Kier molecular flexibility index (Phi) is 5.58. The van der Waals surface area contributed by atoms with Crippen molar-refractivity contribution >= 4 is 11.4 Å². The highest BCUT2D eigenvalue weighted by Gasteiger charge is 2.14. The summed E-state index contributed by atoms with van der Waals surface area (Å²) >= 11 is 0. The van der Waals surface area contributed by atoms with Crippen molar-refractivity contribution in [1.29, 1.82) is 0 Å². The van der Waals surface area contributed by atoms with Crippen LogP contribution in [-0.4, -0.2) is 23.2 Å². The van der Waals surface area contributed by atoms with Crippen LogP contribution >= 0.6 is 0 Å². The number of aliphatic hydroxyl groups excluding tert-OH is 1. The highest BCUT2D eigenvalue weighted by atomic mass is 16.6. The lowest BCUT2D eigenvalue weighted by molar-refractivity contribution is -0.384. The number of hydrogen-bond donors (Lipinski definition) is 2. The molecule has 0 spiro atoms. The van der Waals surface area contributed by atoms with Crippen molar-refractivity contribution in [3.05, 3.63) is 33.9 Å². The second-order valence-corrected chi connectivity index (χ2v) is 4.45. The summed E-state index contributed by atoms with van der Waals surface area (Å²) in [5, 5.41) is 22.9. The maximum absolute atomic E-state index is 10.9. The fraction of sp³-hybridized carbons (Fsp3) is 0.538. The van der Waals surface area contributed by atoms with Crippen LogP contribution in [0.15, 0.2) is 18.2 Å². The van der Waals surface area contributed by atoms with Crippen LogP contribution in [0.3, 0.4) is 0 Å². The molecule has 0 aliphatic carbocycles. The minimum Gasteiger partial charge on any atom is -0.396 e. The van der Waals surface area contributed by atoms with Crippen molar-refractivity contribution in [3.63, 3.8) is 0 Å². The summed E-state index contributed by atoms with van der Waals surface area (Å²) in [6.07, 6.45) is 1.65. The Morgan fingerprint density at radius 1 is 1.50 bits per heavy atom. The number of aryl methyl sites for hydroxylation is 1. The Hall–Kier alpha value is -1.62. The van der Waals surface area contributed by atoms with Crippen molar-refractivity contribution in [2.45, 2.75) is 26.7 Å². The van der Waals surface area contributed by atoms with Crippen molar-refractivity contribution in [3.8, 4) is 0 Å². The molecule has 0 radical (unpaired) electrons. The van der Waals surface area contributed by atoms with E-state index in [0.717, 1.165) is 12.0 Å². The molecule has 1 unspecified atom stereocenters. The maximum atomic E-state index is 10.9. The first kappa shape index (κ1) is 14.4. The largest absolute Gasteiger partial charge is 0.396 e. The molecule has 0 bridgehead atoms. The van der Waals surface area contributed by atoms with Gasteiger partial charge in [0.25, 0.3) is 5.69 Å². The van der Waals surface area contributed by atoms with Crippen LogP contribution < -0.4 is 5.32 Å². The topological polar surface area (TPSA) is 75.4 Å². The Balaban J connectivity index is 2.76. The van der Waals surface area contributed by atoms with Crippen molar-refractivity contribution in [1.82, 2.24) is 0 Å². The van der Waals surface area contributed by atoms with E-state index in [1.807, 2.05) is 13.8 Å². The molecule has 1 aromatic rings. The van der Waals surface area contributed by atoms with Gasteiger partial charge in [0.1, 0.15) is 5.69 Å². The van der Waals surface area contributed by atoms with Gasteiger partial charge in [-0.25, -0.2) is 0 Å². The van der Waals surface area contributed by atoms with Crippen LogP contribution in [0.25, 0.3) is 0 Å². The number of benzene rings is 1. The molecule has 5 nitrogen and oxygen atoms in total. The lowest BCUT2D eigenvalue weighted by Gasteiger charge is -2.15.